The van der Waals surface area contributed by atoms with Crippen LogP contribution in [-0.2, 0) is 6.42 Å². The second-order valence-corrected chi connectivity index (χ2v) is 4.08. The van der Waals surface area contributed by atoms with E-state index in [4.69, 9.17) is 4.52 Å². The summed E-state index contributed by atoms with van der Waals surface area (Å²) >= 11 is 0. The molecule has 1 heterocycles. The SMILES string of the molecule is CNC(C)Cc1noc(C2CC=CC2)n1. The summed E-state index contributed by atoms with van der Waals surface area (Å²) in [5, 5.41) is 7.15. The molecule has 0 spiro atoms. The van der Waals surface area contributed by atoms with E-state index in [2.05, 4.69) is 34.5 Å². The lowest BCUT2D eigenvalue weighted by atomic mass is 10.1. The summed E-state index contributed by atoms with van der Waals surface area (Å²) in [5.41, 5.74) is 0. The summed E-state index contributed by atoms with van der Waals surface area (Å²) in [7, 11) is 1.94. The van der Waals surface area contributed by atoms with Gasteiger partial charge in [0.05, 0.1) is 0 Å². The van der Waals surface area contributed by atoms with E-state index in [1.165, 1.54) is 0 Å². The van der Waals surface area contributed by atoms with Crippen molar-refractivity contribution in [2.45, 2.75) is 38.1 Å². The minimum Gasteiger partial charge on any atom is -0.339 e. The molecule has 1 aliphatic rings. The fourth-order valence-corrected chi connectivity index (χ4v) is 1.71. The molecule has 1 aliphatic carbocycles. The number of rotatable bonds is 4. The van der Waals surface area contributed by atoms with E-state index in [1.807, 2.05) is 7.05 Å². The van der Waals surface area contributed by atoms with Gasteiger partial charge in [0.2, 0.25) is 5.89 Å². The highest BCUT2D eigenvalue weighted by Crippen LogP contribution is 2.27. The Balaban J connectivity index is 1.97. The first kappa shape index (κ1) is 10.4. The molecule has 4 nitrogen and oxygen atoms in total. The fraction of sp³-hybridized carbons (Fsp3) is 0.636. The normalized spacial score (nSPS) is 18.5. The molecule has 0 radical (unpaired) electrons. The monoisotopic (exact) mass is 207 g/mol. The molecule has 1 aromatic rings. The van der Waals surface area contributed by atoms with Crippen molar-refractivity contribution in [3.8, 4) is 0 Å². The summed E-state index contributed by atoms with van der Waals surface area (Å²) < 4.78 is 5.27. The van der Waals surface area contributed by atoms with Gasteiger partial charge in [0.1, 0.15) is 0 Å². The highest BCUT2D eigenvalue weighted by Gasteiger charge is 2.20. The van der Waals surface area contributed by atoms with Crippen LogP contribution in [0, 0.1) is 0 Å². The summed E-state index contributed by atoms with van der Waals surface area (Å²) in [4.78, 5) is 4.42. The van der Waals surface area contributed by atoms with Gasteiger partial charge in [-0.2, -0.15) is 4.98 Å². The van der Waals surface area contributed by atoms with Crippen molar-refractivity contribution in [3.05, 3.63) is 23.9 Å². The van der Waals surface area contributed by atoms with E-state index in [1.54, 1.807) is 0 Å². The first-order valence-electron chi connectivity index (χ1n) is 5.44. The van der Waals surface area contributed by atoms with Gasteiger partial charge in [-0.3, -0.25) is 0 Å². The van der Waals surface area contributed by atoms with Crippen molar-refractivity contribution in [2.24, 2.45) is 0 Å². The van der Waals surface area contributed by atoms with Gasteiger partial charge in [0, 0.05) is 18.4 Å². The Labute approximate surface area is 89.8 Å². The van der Waals surface area contributed by atoms with Crippen LogP contribution in [0.1, 0.15) is 37.4 Å². The van der Waals surface area contributed by atoms with Crippen LogP contribution in [0.2, 0.25) is 0 Å². The van der Waals surface area contributed by atoms with Crippen molar-refractivity contribution in [3.63, 3.8) is 0 Å². The smallest absolute Gasteiger partial charge is 0.230 e. The van der Waals surface area contributed by atoms with Crippen LogP contribution in [0.5, 0.6) is 0 Å². The third-order valence-electron chi connectivity index (χ3n) is 2.82. The lowest BCUT2D eigenvalue weighted by molar-refractivity contribution is 0.351. The molecule has 0 saturated heterocycles. The van der Waals surface area contributed by atoms with E-state index in [0.29, 0.717) is 12.0 Å². The van der Waals surface area contributed by atoms with E-state index in [-0.39, 0.29) is 0 Å². The maximum atomic E-state index is 5.27. The minimum atomic E-state index is 0.386. The van der Waals surface area contributed by atoms with Crippen LogP contribution in [0.15, 0.2) is 16.7 Å². The molecule has 4 heteroatoms. The van der Waals surface area contributed by atoms with Crippen molar-refractivity contribution < 1.29 is 4.52 Å². The molecular weight excluding hydrogens is 190 g/mol. The molecule has 0 aliphatic heterocycles. The lowest BCUT2D eigenvalue weighted by Gasteiger charge is -2.05. The Morgan fingerprint density at radius 2 is 2.27 bits per heavy atom. The van der Waals surface area contributed by atoms with Crippen molar-refractivity contribution >= 4 is 0 Å². The summed E-state index contributed by atoms with van der Waals surface area (Å²) in [6, 6.07) is 0.386. The number of nitrogens with one attached hydrogen (secondary N) is 1. The predicted octanol–water partition coefficient (Wildman–Crippen LogP) is 1.65. The average Bonchev–Trinajstić information content (AvgIpc) is 2.85. The number of nitrogens with zero attached hydrogens (tertiary/aromatic N) is 2. The van der Waals surface area contributed by atoms with Gasteiger partial charge in [-0.25, -0.2) is 0 Å². The maximum Gasteiger partial charge on any atom is 0.230 e. The van der Waals surface area contributed by atoms with Crippen molar-refractivity contribution in [1.82, 2.24) is 15.5 Å². The van der Waals surface area contributed by atoms with Crippen LogP contribution in [0.25, 0.3) is 0 Å². The number of hydrogen-bond donors (Lipinski definition) is 1. The van der Waals surface area contributed by atoms with Gasteiger partial charge in [-0.1, -0.05) is 17.3 Å². The van der Waals surface area contributed by atoms with Crippen LogP contribution >= 0.6 is 0 Å². The van der Waals surface area contributed by atoms with Gasteiger partial charge in [0.25, 0.3) is 0 Å². The van der Waals surface area contributed by atoms with Gasteiger partial charge in [-0.15, -0.1) is 0 Å². The highest BCUT2D eigenvalue weighted by molar-refractivity contribution is 5.07. The Morgan fingerprint density at radius 3 is 2.93 bits per heavy atom. The average molecular weight is 207 g/mol. The first-order chi connectivity index (χ1) is 7.29. The molecule has 0 bridgehead atoms. The fourth-order valence-electron chi connectivity index (χ4n) is 1.71. The molecule has 15 heavy (non-hydrogen) atoms. The topological polar surface area (TPSA) is 51.0 Å². The van der Waals surface area contributed by atoms with Crippen molar-refractivity contribution in [1.29, 1.82) is 0 Å². The zero-order valence-electron chi connectivity index (χ0n) is 9.23. The summed E-state index contributed by atoms with van der Waals surface area (Å²) in [6.45, 7) is 2.10. The summed E-state index contributed by atoms with van der Waals surface area (Å²) in [6.07, 6.45) is 7.22. The standard InChI is InChI=1S/C11H17N3O/c1-8(12-2)7-10-13-11(15-14-10)9-5-3-4-6-9/h3-4,8-9,12H,5-7H2,1-2H3. The third kappa shape index (κ3) is 2.45. The molecule has 1 atom stereocenters. The molecular formula is C11H17N3O. The largest absolute Gasteiger partial charge is 0.339 e. The van der Waals surface area contributed by atoms with E-state index in [0.717, 1.165) is 31.0 Å². The highest BCUT2D eigenvalue weighted by atomic mass is 16.5. The molecule has 1 unspecified atom stereocenters. The van der Waals surface area contributed by atoms with Gasteiger partial charge in [0.15, 0.2) is 5.82 Å². The lowest BCUT2D eigenvalue weighted by Crippen LogP contribution is -2.24. The molecule has 0 fully saturated rings. The Morgan fingerprint density at radius 1 is 1.53 bits per heavy atom. The van der Waals surface area contributed by atoms with Gasteiger partial charge in [-0.05, 0) is 26.8 Å². The van der Waals surface area contributed by atoms with Crippen LogP contribution < -0.4 is 5.32 Å². The number of aromatic nitrogens is 2. The van der Waals surface area contributed by atoms with Gasteiger partial charge >= 0.3 is 0 Å². The third-order valence-corrected chi connectivity index (χ3v) is 2.82. The molecule has 2 rings (SSSR count). The van der Waals surface area contributed by atoms with E-state index < -0.39 is 0 Å². The number of hydrogen-bond acceptors (Lipinski definition) is 4. The van der Waals surface area contributed by atoms with E-state index >= 15 is 0 Å². The zero-order valence-corrected chi connectivity index (χ0v) is 9.23. The number of likely N-dealkylation sites (N-methyl/N-ethyl adjacent to an activating group) is 1. The van der Waals surface area contributed by atoms with Crippen LogP contribution in [-0.4, -0.2) is 23.2 Å². The molecule has 0 saturated carbocycles. The Hall–Kier alpha value is -1.16. The maximum absolute atomic E-state index is 5.27. The second-order valence-electron chi connectivity index (χ2n) is 4.08. The predicted molar refractivity (Wildman–Crippen MR) is 57.6 cm³/mol. The van der Waals surface area contributed by atoms with Crippen LogP contribution in [0.4, 0.5) is 0 Å². The Kier molecular flexibility index (Phi) is 3.16. The first-order valence-corrected chi connectivity index (χ1v) is 5.44. The van der Waals surface area contributed by atoms with Crippen LogP contribution in [0.3, 0.4) is 0 Å². The molecule has 1 N–H and O–H groups in total. The van der Waals surface area contributed by atoms with Crippen molar-refractivity contribution in [2.75, 3.05) is 7.05 Å². The summed E-state index contributed by atoms with van der Waals surface area (Å²) in [5.74, 6) is 2.01. The van der Waals surface area contributed by atoms with E-state index in [9.17, 15) is 0 Å². The molecule has 0 aromatic carbocycles. The second kappa shape index (κ2) is 4.57. The zero-order chi connectivity index (χ0) is 10.7. The quantitative estimate of drug-likeness (QED) is 0.763. The number of allylic oxidation sites excluding steroid dienone is 2. The van der Waals surface area contributed by atoms with Gasteiger partial charge < -0.3 is 9.84 Å². The minimum absolute atomic E-state index is 0.386. The molecule has 82 valence electrons. The molecule has 1 aromatic heterocycles. The Bertz CT molecular complexity index is 337. The molecule has 0 amide bonds.